The molecule has 24 heavy (non-hydrogen) atoms. The van der Waals surface area contributed by atoms with Crippen molar-refractivity contribution in [1.29, 1.82) is 5.26 Å². The van der Waals surface area contributed by atoms with Gasteiger partial charge in [0, 0.05) is 29.7 Å². The zero-order chi connectivity index (χ0) is 16.9. The second kappa shape index (κ2) is 6.58. The second-order valence-corrected chi connectivity index (χ2v) is 4.93. The molecule has 2 heterocycles. The molecule has 0 bridgehead atoms. The van der Waals surface area contributed by atoms with E-state index in [-0.39, 0.29) is 5.57 Å². The maximum atomic E-state index is 11.1. The summed E-state index contributed by atoms with van der Waals surface area (Å²) >= 11 is 0. The standard InChI is InChI=1S/C18H12N4O2/c19-10-14(18(23)24)9-15-12-22(16-6-2-1-3-7-16)21-17(15)13-5-4-8-20-11-13/h1-9,11-12H,(H,23,24)/b14-9+. The molecule has 0 aliphatic heterocycles. The minimum Gasteiger partial charge on any atom is -0.477 e. The van der Waals surface area contributed by atoms with E-state index in [4.69, 9.17) is 10.4 Å². The summed E-state index contributed by atoms with van der Waals surface area (Å²) in [4.78, 5) is 15.2. The molecule has 0 atom stereocenters. The van der Waals surface area contributed by atoms with Crippen LogP contribution in [0.2, 0.25) is 0 Å². The third-order valence-electron chi connectivity index (χ3n) is 3.35. The lowest BCUT2D eigenvalue weighted by atomic mass is 10.1. The number of carbonyl (C=O) groups is 1. The quantitative estimate of drug-likeness (QED) is 0.590. The highest BCUT2D eigenvalue weighted by Gasteiger charge is 2.14. The minimum atomic E-state index is -1.28. The first-order valence-electron chi connectivity index (χ1n) is 7.09. The third kappa shape index (κ3) is 3.05. The number of para-hydroxylation sites is 1. The van der Waals surface area contributed by atoms with Crippen LogP contribution in [0.15, 0.2) is 66.6 Å². The van der Waals surface area contributed by atoms with Gasteiger partial charge in [-0.05, 0) is 30.3 Å². The first-order chi connectivity index (χ1) is 11.7. The zero-order valence-corrected chi connectivity index (χ0v) is 12.5. The Morgan fingerprint density at radius 1 is 1.21 bits per heavy atom. The molecule has 6 heteroatoms. The SMILES string of the molecule is N#C/C(=C\c1cn(-c2ccccc2)nc1-c1cccnc1)C(=O)O. The maximum Gasteiger partial charge on any atom is 0.346 e. The fourth-order valence-electron chi connectivity index (χ4n) is 2.23. The summed E-state index contributed by atoms with van der Waals surface area (Å²) in [5.41, 5.74) is 2.30. The van der Waals surface area contributed by atoms with Crippen LogP contribution in [0.25, 0.3) is 23.0 Å². The first kappa shape index (κ1) is 15.2. The van der Waals surface area contributed by atoms with Crippen LogP contribution in [0.5, 0.6) is 0 Å². The average molecular weight is 316 g/mol. The van der Waals surface area contributed by atoms with Gasteiger partial charge in [0.05, 0.1) is 5.69 Å². The number of carboxylic acid groups (broad SMARTS) is 1. The van der Waals surface area contributed by atoms with Gasteiger partial charge in [0.2, 0.25) is 0 Å². The van der Waals surface area contributed by atoms with Crippen LogP contribution >= 0.6 is 0 Å². The van der Waals surface area contributed by atoms with E-state index in [2.05, 4.69) is 10.1 Å². The van der Waals surface area contributed by atoms with Gasteiger partial charge >= 0.3 is 5.97 Å². The molecule has 0 saturated carbocycles. The molecule has 0 saturated heterocycles. The van der Waals surface area contributed by atoms with Crippen molar-refractivity contribution >= 4 is 12.0 Å². The van der Waals surface area contributed by atoms with Crippen LogP contribution in [-0.2, 0) is 4.79 Å². The first-order valence-corrected chi connectivity index (χ1v) is 7.09. The molecular formula is C18H12N4O2. The molecule has 3 rings (SSSR count). The minimum absolute atomic E-state index is 0.354. The summed E-state index contributed by atoms with van der Waals surface area (Å²) in [6.07, 6.45) is 6.29. The van der Waals surface area contributed by atoms with Crippen LogP contribution in [-0.4, -0.2) is 25.8 Å². The van der Waals surface area contributed by atoms with Crippen LogP contribution in [0.4, 0.5) is 0 Å². The van der Waals surface area contributed by atoms with Gasteiger partial charge in [0.25, 0.3) is 0 Å². The van der Waals surface area contributed by atoms with Crippen LogP contribution in [0.1, 0.15) is 5.56 Å². The highest BCUT2D eigenvalue weighted by molar-refractivity contribution is 5.97. The molecule has 1 N–H and O–H groups in total. The lowest BCUT2D eigenvalue weighted by molar-refractivity contribution is -0.132. The van der Waals surface area contributed by atoms with Crippen molar-refractivity contribution < 1.29 is 9.90 Å². The number of rotatable bonds is 4. The van der Waals surface area contributed by atoms with Crippen molar-refractivity contribution in [2.75, 3.05) is 0 Å². The Morgan fingerprint density at radius 3 is 2.62 bits per heavy atom. The Bertz CT molecular complexity index is 938. The fraction of sp³-hybridized carbons (Fsp3) is 0. The molecule has 2 aromatic heterocycles. The summed E-state index contributed by atoms with van der Waals surface area (Å²) < 4.78 is 1.64. The Kier molecular flexibility index (Phi) is 4.17. The van der Waals surface area contributed by atoms with Crippen LogP contribution < -0.4 is 0 Å². The summed E-state index contributed by atoms with van der Waals surface area (Å²) in [5.74, 6) is -1.28. The molecule has 1 aromatic carbocycles. The van der Waals surface area contributed by atoms with Gasteiger partial charge in [0.1, 0.15) is 17.3 Å². The number of aromatic nitrogens is 3. The molecule has 0 unspecified atom stereocenters. The topological polar surface area (TPSA) is 91.8 Å². The van der Waals surface area contributed by atoms with E-state index in [0.717, 1.165) is 11.3 Å². The Hall–Kier alpha value is -3.72. The van der Waals surface area contributed by atoms with Gasteiger partial charge in [0.15, 0.2) is 0 Å². The van der Waals surface area contributed by atoms with Crippen molar-refractivity contribution in [3.63, 3.8) is 0 Å². The molecule has 0 spiro atoms. The Labute approximate surface area is 137 Å². The molecule has 6 nitrogen and oxygen atoms in total. The normalized spacial score (nSPS) is 11.0. The predicted molar refractivity (Wildman–Crippen MR) is 88.0 cm³/mol. The van der Waals surface area contributed by atoms with Gasteiger partial charge in [-0.25, -0.2) is 9.48 Å². The van der Waals surface area contributed by atoms with Gasteiger partial charge in [-0.1, -0.05) is 18.2 Å². The molecule has 0 radical (unpaired) electrons. The van der Waals surface area contributed by atoms with Crippen molar-refractivity contribution in [2.45, 2.75) is 0 Å². The lowest BCUT2D eigenvalue weighted by Gasteiger charge is -1.99. The smallest absolute Gasteiger partial charge is 0.346 e. The highest BCUT2D eigenvalue weighted by atomic mass is 16.4. The molecule has 3 aromatic rings. The average Bonchev–Trinajstić information content (AvgIpc) is 3.05. The van der Waals surface area contributed by atoms with E-state index in [1.807, 2.05) is 36.4 Å². The molecular weight excluding hydrogens is 304 g/mol. The predicted octanol–water partition coefficient (Wildman–Crippen LogP) is 2.93. The zero-order valence-electron chi connectivity index (χ0n) is 12.5. The lowest BCUT2D eigenvalue weighted by Crippen LogP contribution is -1.97. The van der Waals surface area contributed by atoms with Gasteiger partial charge in [-0.2, -0.15) is 10.4 Å². The number of pyridine rings is 1. The van der Waals surface area contributed by atoms with E-state index in [1.165, 1.54) is 6.08 Å². The summed E-state index contributed by atoms with van der Waals surface area (Å²) in [6, 6.07) is 14.7. The summed E-state index contributed by atoms with van der Waals surface area (Å²) in [6.45, 7) is 0. The second-order valence-electron chi connectivity index (χ2n) is 4.93. The van der Waals surface area contributed by atoms with Crippen molar-refractivity contribution in [1.82, 2.24) is 14.8 Å². The number of nitriles is 1. The number of hydrogen-bond donors (Lipinski definition) is 1. The van der Waals surface area contributed by atoms with E-state index < -0.39 is 5.97 Å². The molecule has 0 aliphatic rings. The number of carboxylic acids is 1. The summed E-state index contributed by atoms with van der Waals surface area (Å²) in [5, 5.41) is 22.6. The monoisotopic (exact) mass is 316 g/mol. The largest absolute Gasteiger partial charge is 0.477 e. The molecule has 0 amide bonds. The number of hydrogen-bond acceptors (Lipinski definition) is 4. The molecule has 0 aliphatic carbocycles. The van der Waals surface area contributed by atoms with Crippen LogP contribution in [0.3, 0.4) is 0 Å². The van der Waals surface area contributed by atoms with Gasteiger partial charge in [-0.3, -0.25) is 4.98 Å². The van der Waals surface area contributed by atoms with Crippen LogP contribution in [0, 0.1) is 11.3 Å². The fourth-order valence-corrected chi connectivity index (χ4v) is 2.23. The van der Waals surface area contributed by atoms with Gasteiger partial charge < -0.3 is 5.11 Å². The molecule has 116 valence electrons. The molecule has 0 fully saturated rings. The van der Waals surface area contributed by atoms with E-state index >= 15 is 0 Å². The maximum absolute atomic E-state index is 11.1. The number of benzene rings is 1. The Balaban J connectivity index is 2.18. The van der Waals surface area contributed by atoms with Crippen molar-refractivity contribution in [3.8, 4) is 23.0 Å². The third-order valence-corrected chi connectivity index (χ3v) is 3.35. The van der Waals surface area contributed by atoms with E-state index in [1.54, 1.807) is 35.4 Å². The van der Waals surface area contributed by atoms with E-state index in [9.17, 15) is 4.79 Å². The van der Waals surface area contributed by atoms with Gasteiger partial charge in [-0.15, -0.1) is 0 Å². The Morgan fingerprint density at radius 2 is 2.00 bits per heavy atom. The van der Waals surface area contributed by atoms with E-state index in [0.29, 0.717) is 11.3 Å². The number of nitrogens with zero attached hydrogens (tertiary/aromatic N) is 4. The summed E-state index contributed by atoms with van der Waals surface area (Å²) in [7, 11) is 0. The van der Waals surface area contributed by atoms with Crippen molar-refractivity contribution in [3.05, 3.63) is 72.2 Å². The highest BCUT2D eigenvalue weighted by Crippen LogP contribution is 2.25. The van der Waals surface area contributed by atoms with Crippen molar-refractivity contribution in [2.24, 2.45) is 0 Å². The number of aliphatic carboxylic acids is 1.